The molecule has 2 rings (SSSR count). The topological polar surface area (TPSA) is 102 Å². The van der Waals surface area contributed by atoms with Crippen molar-refractivity contribution >= 4 is 27.8 Å². The normalized spacial score (nSPS) is 12.7. The van der Waals surface area contributed by atoms with Gasteiger partial charge in [0.25, 0.3) is 0 Å². The summed E-state index contributed by atoms with van der Waals surface area (Å²) in [6, 6.07) is 9.99. The van der Waals surface area contributed by atoms with Gasteiger partial charge in [-0.2, -0.15) is 8.42 Å². The molecule has 0 aliphatic carbocycles. The van der Waals surface area contributed by atoms with Crippen molar-refractivity contribution in [1.29, 1.82) is 0 Å². The summed E-state index contributed by atoms with van der Waals surface area (Å²) in [4.78, 5) is 13.1. The van der Waals surface area contributed by atoms with E-state index >= 15 is 0 Å². The molecule has 2 aromatic rings. The minimum atomic E-state index is -4.20. The van der Waals surface area contributed by atoms with Gasteiger partial charge in [0.05, 0.1) is 19.8 Å². The van der Waals surface area contributed by atoms with E-state index in [4.69, 9.17) is 25.3 Å². The van der Waals surface area contributed by atoms with Gasteiger partial charge in [0, 0.05) is 12.1 Å². The number of aliphatic hydroxyl groups excluding tert-OH is 1. The van der Waals surface area contributed by atoms with E-state index in [1.165, 1.54) is 61.5 Å². The SMILES string of the molecule is COc1ccc(Cl)cc1S(=O)(=O)Oc1ccc(C(O)CN(C)C(=O)OC(C)(C)C)cc1. The maximum Gasteiger partial charge on any atom is 0.410 e. The summed E-state index contributed by atoms with van der Waals surface area (Å²) in [6.45, 7) is 5.25. The molecule has 8 nitrogen and oxygen atoms in total. The van der Waals surface area contributed by atoms with E-state index < -0.39 is 27.9 Å². The third-order valence-corrected chi connectivity index (χ3v) is 5.52. The lowest BCUT2D eigenvalue weighted by Crippen LogP contribution is -2.36. The quantitative estimate of drug-likeness (QED) is 0.608. The largest absolute Gasteiger partial charge is 0.495 e. The van der Waals surface area contributed by atoms with E-state index in [1.54, 1.807) is 20.8 Å². The van der Waals surface area contributed by atoms with Crippen molar-refractivity contribution in [2.75, 3.05) is 20.7 Å². The van der Waals surface area contributed by atoms with E-state index in [0.29, 0.717) is 5.56 Å². The maximum absolute atomic E-state index is 12.6. The number of benzene rings is 2. The third kappa shape index (κ3) is 7.02. The summed E-state index contributed by atoms with van der Waals surface area (Å²) >= 11 is 5.90. The van der Waals surface area contributed by atoms with E-state index in [2.05, 4.69) is 0 Å². The van der Waals surface area contributed by atoms with Gasteiger partial charge < -0.3 is 23.7 Å². The second-order valence-electron chi connectivity index (χ2n) is 7.78. The lowest BCUT2D eigenvalue weighted by Gasteiger charge is -2.26. The van der Waals surface area contributed by atoms with Crippen LogP contribution in [0.3, 0.4) is 0 Å². The predicted molar refractivity (Wildman–Crippen MR) is 116 cm³/mol. The fourth-order valence-electron chi connectivity index (χ4n) is 2.54. The number of amides is 1. The van der Waals surface area contributed by atoms with Gasteiger partial charge in [0.2, 0.25) is 0 Å². The Labute approximate surface area is 187 Å². The first-order chi connectivity index (χ1) is 14.3. The number of hydrogen-bond acceptors (Lipinski definition) is 7. The minimum Gasteiger partial charge on any atom is -0.495 e. The molecule has 10 heteroatoms. The molecule has 1 unspecified atom stereocenters. The monoisotopic (exact) mass is 471 g/mol. The van der Waals surface area contributed by atoms with Gasteiger partial charge in [0.15, 0.2) is 0 Å². The number of nitrogens with zero attached hydrogens (tertiary/aromatic N) is 1. The van der Waals surface area contributed by atoms with Crippen molar-refractivity contribution in [2.24, 2.45) is 0 Å². The standard InChI is InChI=1S/C21H26ClNO7S/c1-21(2,3)29-20(25)23(4)13-17(24)14-6-9-16(10-7-14)30-31(26,27)19-12-15(22)8-11-18(19)28-5/h6-12,17,24H,13H2,1-5H3. The van der Waals surface area contributed by atoms with Gasteiger partial charge in [-0.1, -0.05) is 23.7 Å². The zero-order chi connectivity index (χ0) is 23.4. The van der Waals surface area contributed by atoms with E-state index in [0.717, 1.165) is 0 Å². The van der Waals surface area contributed by atoms with Crippen molar-refractivity contribution in [1.82, 2.24) is 4.90 Å². The number of ether oxygens (including phenoxy) is 2. The molecule has 0 aliphatic heterocycles. The summed E-state index contributed by atoms with van der Waals surface area (Å²) < 4.78 is 40.7. The minimum absolute atomic E-state index is 0.00682. The molecule has 0 saturated heterocycles. The first-order valence-corrected chi connectivity index (χ1v) is 11.1. The molecule has 0 heterocycles. The zero-order valence-corrected chi connectivity index (χ0v) is 19.5. The Balaban J connectivity index is 2.10. The Morgan fingerprint density at radius 2 is 1.77 bits per heavy atom. The summed E-state index contributed by atoms with van der Waals surface area (Å²) in [6.07, 6.45) is -1.57. The summed E-state index contributed by atoms with van der Waals surface area (Å²) in [5, 5.41) is 10.6. The predicted octanol–water partition coefficient (Wildman–Crippen LogP) is 4.02. The van der Waals surface area contributed by atoms with Crippen LogP contribution in [0.2, 0.25) is 5.02 Å². The van der Waals surface area contributed by atoms with Crippen LogP contribution < -0.4 is 8.92 Å². The van der Waals surface area contributed by atoms with Gasteiger partial charge >= 0.3 is 16.2 Å². The highest BCUT2D eigenvalue weighted by atomic mass is 35.5. The highest BCUT2D eigenvalue weighted by molar-refractivity contribution is 7.87. The van der Waals surface area contributed by atoms with Crippen molar-refractivity contribution in [2.45, 2.75) is 37.4 Å². The Bertz CT molecular complexity index is 1020. The average molecular weight is 472 g/mol. The number of carbonyl (C=O) groups excluding carboxylic acids is 1. The molecule has 0 saturated carbocycles. The van der Waals surface area contributed by atoms with Gasteiger partial charge in [-0.05, 0) is 56.7 Å². The van der Waals surface area contributed by atoms with Gasteiger partial charge in [-0.15, -0.1) is 0 Å². The van der Waals surface area contributed by atoms with Crippen LogP contribution in [0.1, 0.15) is 32.4 Å². The van der Waals surface area contributed by atoms with Crippen molar-refractivity contribution in [3.8, 4) is 11.5 Å². The van der Waals surface area contributed by atoms with Crippen LogP contribution in [-0.4, -0.2) is 50.8 Å². The molecule has 1 atom stereocenters. The molecule has 0 fully saturated rings. The second-order valence-corrected chi connectivity index (χ2v) is 9.73. The number of methoxy groups -OCH3 is 1. The van der Waals surface area contributed by atoms with E-state index in [9.17, 15) is 18.3 Å². The smallest absolute Gasteiger partial charge is 0.410 e. The fourth-order valence-corrected chi connectivity index (χ4v) is 3.90. The molecule has 0 spiro atoms. The van der Waals surface area contributed by atoms with Gasteiger partial charge in [0.1, 0.15) is 22.0 Å². The summed E-state index contributed by atoms with van der Waals surface area (Å²) in [5.74, 6) is 0.139. The van der Waals surface area contributed by atoms with Crippen LogP contribution >= 0.6 is 11.6 Å². The molecule has 1 amide bonds. The highest BCUT2D eigenvalue weighted by Crippen LogP contribution is 2.30. The third-order valence-electron chi connectivity index (χ3n) is 4.02. The van der Waals surface area contributed by atoms with Crippen molar-refractivity contribution < 1.29 is 32.0 Å². The number of carbonyl (C=O) groups is 1. The Morgan fingerprint density at radius 1 is 1.16 bits per heavy atom. The Kier molecular flexibility index (Phi) is 7.80. The van der Waals surface area contributed by atoms with Crippen LogP contribution in [0.15, 0.2) is 47.4 Å². The van der Waals surface area contributed by atoms with Gasteiger partial charge in [-0.3, -0.25) is 0 Å². The molecule has 0 aromatic heterocycles. The first kappa shape index (κ1) is 24.8. The van der Waals surface area contributed by atoms with E-state index in [1.807, 2.05) is 0 Å². The van der Waals surface area contributed by atoms with Gasteiger partial charge in [-0.25, -0.2) is 4.79 Å². The average Bonchev–Trinajstić information content (AvgIpc) is 2.66. The molecule has 0 bridgehead atoms. The number of likely N-dealkylation sites (N-methyl/N-ethyl adjacent to an activating group) is 1. The van der Waals surface area contributed by atoms with Crippen LogP contribution in [0, 0.1) is 0 Å². The Morgan fingerprint density at radius 3 is 2.32 bits per heavy atom. The molecular formula is C21H26ClNO7S. The summed E-state index contributed by atoms with van der Waals surface area (Å²) in [7, 11) is -1.35. The van der Waals surface area contributed by atoms with E-state index in [-0.39, 0.29) is 28.0 Å². The van der Waals surface area contributed by atoms with Crippen molar-refractivity contribution in [3.05, 3.63) is 53.1 Å². The molecule has 2 aromatic carbocycles. The molecule has 0 radical (unpaired) electrons. The molecular weight excluding hydrogens is 446 g/mol. The molecule has 0 aliphatic rings. The number of aliphatic hydroxyl groups is 1. The first-order valence-electron chi connectivity index (χ1n) is 9.32. The zero-order valence-electron chi connectivity index (χ0n) is 18.0. The Hall–Kier alpha value is -2.49. The van der Waals surface area contributed by atoms with Crippen LogP contribution in [0.25, 0.3) is 0 Å². The van der Waals surface area contributed by atoms with Crippen LogP contribution in [-0.2, 0) is 14.9 Å². The molecule has 31 heavy (non-hydrogen) atoms. The molecule has 1 N–H and O–H groups in total. The summed E-state index contributed by atoms with van der Waals surface area (Å²) in [5.41, 5.74) is -0.174. The lowest BCUT2D eigenvalue weighted by molar-refractivity contribution is 0.0205. The maximum atomic E-state index is 12.6. The fraction of sp³-hybridized carbons (Fsp3) is 0.381. The number of halogens is 1. The van der Waals surface area contributed by atoms with Crippen LogP contribution in [0.5, 0.6) is 11.5 Å². The molecule has 170 valence electrons. The van der Waals surface area contributed by atoms with Crippen molar-refractivity contribution in [3.63, 3.8) is 0 Å². The number of rotatable bonds is 7. The highest BCUT2D eigenvalue weighted by Gasteiger charge is 2.24. The lowest BCUT2D eigenvalue weighted by atomic mass is 10.1. The number of hydrogen-bond donors (Lipinski definition) is 1. The second kappa shape index (κ2) is 9.76. The van der Waals surface area contributed by atoms with Crippen LogP contribution in [0.4, 0.5) is 4.79 Å².